The molecular weight excluding hydrogens is 953 g/mol. The highest BCUT2D eigenvalue weighted by Gasteiger charge is 2.34. The van der Waals surface area contributed by atoms with E-state index in [1.54, 1.807) is 42.8 Å². The fraction of sp³-hybridized carbons (Fsp3) is 0.327. The Balaban J connectivity index is 0.902. The molecule has 0 spiro atoms. The molecule has 378 valence electrons. The number of carbonyl (C=O) groups excluding carboxylic acids is 4. The highest BCUT2D eigenvalue weighted by Crippen LogP contribution is 2.38. The van der Waals surface area contributed by atoms with E-state index < -0.39 is 52.6 Å². The smallest absolute Gasteiger partial charge is 0.377 e. The molecule has 0 saturated carbocycles. The third kappa shape index (κ3) is 10.1. The van der Waals surface area contributed by atoms with E-state index in [0.717, 1.165) is 74.8 Å². The van der Waals surface area contributed by atoms with Gasteiger partial charge in [-0.1, -0.05) is 17.9 Å². The number of alkyl halides is 3. The second kappa shape index (κ2) is 20.2. The molecule has 0 bridgehead atoms. The number of carbonyl (C=O) groups is 4. The number of nitrogens with zero attached hydrogens (tertiary/aromatic N) is 7. The van der Waals surface area contributed by atoms with Crippen LogP contribution in [0, 0.1) is 17.7 Å². The number of aromatic nitrogens is 6. The fourth-order valence-corrected chi connectivity index (χ4v) is 9.68. The van der Waals surface area contributed by atoms with Crippen molar-refractivity contribution in [2.24, 2.45) is 19.8 Å². The molecule has 1 atom stereocenters. The van der Waals surface area contributed by atoms with Gasteiger partial charge in [-0.05, 0) is 105 Å². The number of nitrogens with one attached hydrogen (secondary N) is 2. The first-order chi connectivity index (χ1) is 34.9. The van der Waals surface area contributed by atoms with Gasteiger partial charge >= 0.3 is 17.6 Å². The van der Waals surface area contributed by atoms with Crippen molar-refractivity contribution in [2.45, 2.75) is 70.3 Å². The van der Waals surface area contributed by atoms with Gasteiger partial charge in [0.05, 0.1) is 57.3 Å². The zero-order chi connectivity index (χ0) is 51.9. The second-order valence-corrected chi connectivity index (χ2v) is 18.1. The quantitative estimate of drug-likeness (QED) is 0.0551. The summed E-state index contributed by atoms with van der Waals surface area (Å²) in [6.45, 7) is 4.73. The molecule has 2 aliphatic rings. The molecule has 4 aromatic carbocycles. The number of imide groups is 1. The number of hydrogen-bond donors (Lipinski definition) is 3. The lowest BCUT2D eigenvalue weighted by Gasteiger charge is -2.31. The molecule has 5 heterocycles. The SMILES string of the molecule is CCn1c(-c2ccc(-n3cnn(C)c3=O)cc2C#CCCOC2CCN(CCc3ccc4c(c3)n(C)c(=O)n4C3CCC(=O)NC3=O)CC2)cc2cc(C(F)(F)F)cc(C(=O)Nc3ccc(F)c(C(N)=O)c3)c21. The number of halogens is 4. The number of rotatable bonds is 13. The Hall–Kier alpha value is -8.09. The average Bonchev–Trinajstić information content (AvgIpc) is 3.99. The van der Waals surface area contributed by atoms with Crippen LogP contribution in [0.4, 0.5) is 23.2 Å². The first-order valence-electron chi connectivity index (χ1n) is 23.7. The predicted molar refractivity (Wildman–Crippen MR) is 262 cm³/mol. The van der Waals surface area contributed by atoms with Crippen LogP contribution in [0.1, 0.15) is 82.5 Å². The van der Waals surface area contributed by atoms with Crippen molar-refractivity contribution >= 4 is 51.3 Å². The van der Waals surface area contributed by atoms with Crippen molar-refractivity contribution in [1.29, 1.82) is 0 Å². The summed E-state index contributed by atoms with van der Waals surface area (Å²) in [4.78, 5) is 78.6. The number of fused-ring (bicyclic) bond motifs is 2. The largest absolute Gasteiger partial charge is 0.416 e. The Kier molecular flexibility index (Phi) is 13.8. The average molecular weight is 1000 g/mol. The molecule has 2 aliphatic heterocycles. The van der Waals surface area contributed by atoms with Crippen LogP contribution in [0.25, 0.3) is 38.9 Å². The number of hydrogen-bond acceptors (Lipinski definition) is 9. The molecule has 3 aromatic heterocycles. The van der Waals surface area contributed by atoms with Crippen LogP contribution in [-0.4, -0.2) is 88.9 Å². The number of nitrogens with two attached hydrogens (primary N) is 1. The Morgan fingerprint density at radius 2 is 1.70 bits per heavy atom. The molecule has 1 unspecified atom stereocenters. The van der Waals surface area contributed by atoms with Gasteiger partial charge in [0, 0.05) is 75.3 Å². The Labute approximate surface area is 414 Å². The monoisotopic (exact) mass is 1000 g/mol. The summed E-state index contributed by atoms with van der Waals surface area (Å²) in [5, 5.41) is 9.00. The van der Waals surface area contributed by atoms with Gasteiger partial charge in [-0.25, -0.2) is 23.2 Å². The standard InChI is InChI=1S/C52H50F4N10O7/c1-4-64-43(26-32-24-33(52(54,55)56)27-39(46(32)64)48(69)59-34-9-12-40(53)38(28-34)47(57)68)37-11-10-35(65-29-58-62(3)51(65)72)25-31(37)7-5-6-22-73-36-17-20-63(21-18-36)19-16-30-8-13-41-44(23-30)61(2)50(71)66(41)42-14-15-45(67)60-49(42)70/h8-13,23-29,36,42H,4,6,14-22H2,1-3H3,(H2,57,68)(H,59,69)(H,60,67,70). The molecule has 4 amide bonds. The van der Waals surface area contributed by atoms with Crippen molar-refractivity contribution < 1.29 is 41.5 Å². The first-order valence-corrected chi connectivity index (χ1v) is 23.7. The molecular formula is C52H50F4N10O7. The Morgan fingerprint density at radius 3 is 2.40 bits per heavy atom. The fourth-order valence-electron chi connectivity index (χ4n) is 9.68. The highest BCUT2D eigenvalue weighted by molar-refractivity contribution is 6.13. The molecule has 21 heteroatoms. The summed E-state index contributed by atoms with van der Waals surface area (Å²) in [6.07, 6.45) is -0.339. The molecule has 0 aliphatic carbocycles. The minimum atomic E-state index is -4.83. The number of imidazole rings is 1. The number of anilines is 1. The van der Waals surface area contributed by atoms with Gasteiger partial charge < -0.3 is 25.3 Å². The van der Waals surface area contributed by atoms with Gasteiger partial charge in [0.1, 0.15) is 18.2 Å². The summed E-state index contributed by atoms with van der Waals surface area (Å²) < 4.78 is 71.0. The van der Waals surface area contributed by atoms with Gasteiger partial charge in [-0.2, -0.15) is 18.3 Å². The van der Waals surface area contributed by atoms with Crippen LogP contribution in [0.15, 0.2) is 88.7 Å². The van der Waals surface area contributed by atoms with Gasteiger partial charge in [0.15, 0.2) is 0 Å². The topological polar surface area (TPSA) is 203 Å². The number of primary amides is 1. The maximum atomic E-state index is 14.4. The van der Waals surface area contributed by atoms with Crippen molar-refractivity contribution in [3.05, 3.63) is 134 Å². The van der Waals surface area contributed by atoms with Gasteiger partial charge in [-0.15, -0.1) is 0 Å². The molecule has 17 nitrogen and oxygen atoms in total. The van der Waals surface area contributed by atoms with Crippen LogP contribution in [0.5, 0.6) is 0 Å². The molecule has 7 aromatic rings. The van der Waals surface area contributed by atoms with E-state index in [-0.39, 0.29) is 59.2 Å². The number of benzene rings is 4. The van der Waals surface area contributed by atoms with Crippen LogP contribution in [0.3, 0.4) is 0 Å². The summed E-state index contributed by atoms with van der Waals surface area (Å²) in [6, 6.07) is 16.5. The number of ether oxygens (including phenoxy) is 1. The zero-order valence-corrected chi connectivity index (χ0v) is 40.0. The lowest BCUT2D eigenvalue weighted by Crippen LogP contribution is -2.44. The lowest BCUT2D eigenvalue weighted by molar-refractivity contribution is -0.138. The van der Waals surface area contributed by atoms with Crippen molar-refractivity contribution in [1.82, 2.24) is 38.3 Å². The maximum absolute atomic E-state index is 14.4. The van der Waals surface area contributed by atoms with Crippen LogP contribution in [-0.2, 0) is 47.6 Å². The first kappa shape index (κ1) is 49.9. The summed E-state index contributed by atoms with van der Waals surface area (Å²) in [5.41, 5.74) is 7.01. The van der Waals surface area contributed by atoms with E-state index >= 15 is 0 Å². The van der Waals surface area contributed by atoms with E-state index in [0.29, 0.717) is 46.6 Å². The number of piperidine rings is 2. The van der Waals surface area contributed by atoms with E-state index in [4.69, 9.17) is 10.5 Å². The molecule has 2 saturated heterocycles. The normalized spacial score (nSPS) is 15.7. The highest BCUT2D eigenvalue weighted by atomic mass is 19.4. The van der Waals surface area contributed by atoms with E-state index in [1.165, 1.54) is 31.8 Å². The second-order valence-electron chi connectivity index (χ2n) is 18.1. The molecule has 0 radical (unpaired) electrons. The Bertz CT molecular complexity index is 3550. The number of aryl methyl sites for hydroxylation is 3. The van der Waals surface area contributed by atoms with Gasteiger partial charge in [0.2, 0.25) is 11.8 Å². The van der Waals surface area contributed by atoms with E-state index in [2.05, 4.69) is 32.5 Å². The van der Waals surface area contributed by atoms with Crippen molar-refractivity contribution in [3.63, 3.8) is 0 Å². The third-order valence-electron chi connectivity index (χ3n) is 13.5. The Morgan fingerprint density at radius 1 is 0.918 bits per heavy atom. The zero-order valence-electron chi connectivity index (χ0n) is 40.0. The molecule has 2 fully saturated rings. The van der Waals surface area contributed by atoms with Crippen LogP contribution >= 0.6 is 0 Å². The minimum absolute atomic E-state index is 0.00817. The molecule has 4 N–H and O–H groups in total. The van der Waals surface area contributed by atoms with Crippen LogP contribution in [0.2, 0.25) is 0 Å². The lowest BCUT2D eigenvalue weighted by atomic mass is 10.0. The van der Waals surface area contributed by atoms with E-state index in [9.17, 15) is 46.3 Å². The number of amides is 4. The predicted octanol–water partition coefficient (Wildman–Crippen LogP) is 5.82. The van der Waals surface area contributed by atoms with E-state index in [1.807, 2.05) is 18.2 Å². The number of likely N-dealkylation sites (tertiary alicyclic amines) is 1. The van der Waals surface area contributed by atoms with Crippen molar-refractivity contribution in [3.8, 4) is 28.8 Å². The summed E-state index contributed by atoms with van der Waals surface area (Å²) in [5.74, 6) is 2.61. The van der Waals surface area contributed by atoms with Crippen LogP contribution < -0.4 is 27.7 Å². The summed E-state index contributed by atoms with van der Waals surface area (Å²) >= 11 is 0. The van der Waals surface area contributed by atoms with Gasteiger partial charge in [0.25, 0.3) is 11.8 Å². The van der Waals surface area contributed by atoms with Crippen molar-refractivity contribution in [2.75, 3.05) is 31.6 Å². The maximum Gasteiger partial charge on any atom is 0.416 e. The molecule has 9 rings (SSSR count). The van der Waals surface area contributed by atoms with Gasteiger partial charge in [-0.3, -0.25) is 33.6 Å². The molecule has 73 heavy (non-hydrogen) atoms. The minimum Gasteiger partial charge on any atom is -0.377 e. The third-order valence-corrected chi connectivity index (χ3v) is 13.5. The summed E-state index contributed by atoms with van der Waals surface area (Å²) in [7, 11) is 3.18.